The van der Waals surface area contributed by atoms with E-state index in [2.05, 4.69) is 10.3 Å². The smallest absolute Gasteiger partial charge is 0.304 e. The van der Waals surface area contributed by atoms with Gasteiger partial charge >= 0.3 is 12.3 Å². The van der Waals surface area contributed by atoms with Crippen molar-refractivity contribution in [3.63, 3.8) is 0 Å². The van der Waals surface area contributed by atoms with Crippen molar-refractivity contribution >= 4 is 11.3 Å². The molecule has 1 unspecified atom stereocenters. The van der Waals surface area contributed by atoms with E-state index in [1.807, 2.05) is 20.8 Å². The topological polar surface area (TPSA) is 24.9 Å². The van der Waals surface area contributed by atoms with E-state index in [0.29, 0.717) is 0 Å². The lowest BCUT2D eigenvalue weighted by atomic mass is 9.98. The number of thiazole rings is 1. The fourth-order valence-electron chi connectivity index (χ4n) is 1.59. The fraction of sp³-hybridized carbons (Fsp3) is 0.769. The zero-order valence-corrected chi connectivity index (χ0v) is 13.0. The number of rotatable bonds is 5. The number of hydrogen-bond acceptors (Lipinski definition) is 3. The van der Waals surface area contributed by atoms with Gasteiger partial charge in [0.2, 0.25) is 0 Å². The van der Waals surface area contributed by atoms with Crippen molar-refractivity contribution in [2.75, 3.05) is 6.54 Å². The van der Waals surface area contributed by atoms with Crippen LogP contribution in [0.25, 0.3) is 0 Å². The highest BCUT2D eigenvalue weighted by Gasteiger charge is 2.40. The molecule has 0 fully saturated rings. The lowest BCUT2D eigenvalue weighted by Gasteiger charge is -2.19. The van der Waals surface area contributed by atoms with Crippen LogP contribution in [0.15, 0.2) is 0 Å². The molecule has 1 aromatic heterocycles. The average molecular weight is 312 g/mol. The summed E-state index contributed by atoms with van der Waals surface area (Å²) in [4.78, 5) is 5.23. The Balaban J connectivity index is 2.79. The van der Waals surface area contributed by atoms with Gasteiger partial charge in [-0.1, -0.05) is 20.8 Å². The minimum atomic E-state index is -4.01. The Labute approximate surface area is 120 Å². The molecule has 0 amide bonds. The summed E-state index contributed by atoms with van der Waals surface area (Å²) in [7, 11) is 0. The molecule has 0 aliphatic heterocycles. The van der Waals surface area contributed by atoms with Gasteiger partial charge in [-0.15, -0.1) is 11.3 Å². The summed E-state index contributed by atoms with van der Waals surface area (Å²) in [6, 6.07) is -0.437. The molecule has 1 rings (SSSR count). The Hall–Kier alpha value is -0.690. The van der Waals surface area contributed by atoms with Crippen LogP contribution in [0, 0.1) is 6.92 Å². The molecule has 0 aliphatic rings. The molecule has 1 aromatic rings. The van der Waals surface area contributed by atoms with Crippen LogP contribution >= 0.6 is 11.3 Å². The molecule has 20 heavy (non-hydrogen) atoms. The van der Waals surface area contributed by atoms with Gasteiger partial charge in [0.05, 0.1) is 17.2 Å². The van der Waals surface area contributed by atoms with Gasteiger partial charge in [-0.3, -0.25) is 0 Å². The van der Waals surface area contributed by atoms with Gasteiger partial charge in [0, 0.05) is 16.3 Å². The van der Waals surface area contributed by atoms with Crippen LogP contribution in [0.1, 0.15) is 49.3 Å². The minimum Gasteiger partial charge on any atom is -0.304 e. The Kier molecular flexibility index (Phi) is 5.18. The average Bonchev–Trinajstić information content (AvgIpc) is 2.68. The first-order valence-electron chi connectivity index (χ1n) is 6.32. The van der Waals surface area contributed by atoms with Crippen LogP contribution in [0.2, 0.25) is 0 Å². The van der Waals surface area contributed by atoms with E-state index < -0.39 is 24.9 Å². The molecule has 0 aliphatic carbocycles. The minimum absolute atomic E-state index is 0.125. The monoisotopic (exact) mass is 312 g/mol. The zero-order valence-electron chi connectivity index (χ0n) is 12.2. The molecule has 1 N–H and O–H groups in total. The molecular formula is C13H20F4N2S. The van der Waals surface area contributed by atoms with Crippen molar-refractivity contribution in [2.24, 2.45) is 0 Å². The Morgan fingerprint density at radius 3 is 2.20 bits per heavy atom. The summed E-state index contributed by atoms with van der Waals surface area (Å²) < 4.78 is 50.0. The molecule has 0 saturated carbocycles. The lowest BCUT2D eigenvalue weighted by Crippen LogP contribution is -2.39. The van der Waals surface area contributed by atoms with E-state index in [1.165, 1.54) is 11.3 Å². The van der Waals surface area contributed by atoms with Gasteiger partial charge in [-0.05, 0) is 13.8 Å². The summed E-state index contributed by atoms with van der Waals surface area (Å²) in [6.07, 6.45) is -3.66. The maximum atomic E-state index is 12.9. The highest BCUT2D eigenvalue weighted by Crippen LogP contribution is 2.33. The molecular weight excluding hydrogens is 292 g/mol. The number of halogens is 4. The van der Waals surface area contributed by atoms with Gasteiger partial charge in [0.25, 0.3) is 0 Å². The van der Waals surface area contributed by atoms with Gasteiger partial charge in [-0.2, -0.15) is 8.78 Å². The van der Waals surface area contributed by atoms with E-state index in [1.54, 1.807) is 13.8 Å². The number of nitrogens with zero attached hydrogens (tertiary/aromatic N) is 1. The van der Waals surface area contributed by atoms with Crippen LogP contribution in [0.3, 0.4) is 0 Å². The van der Waals surface area contributed by atoms with Crippen LogP contribution in [-0.2, 0) is 5.41 Å². The van der Waals surface area contributed by atoms with E-state index in [-0.39, 0.29) is 5.41 Å². The van der Waals surface area contributed by atoms with Crippen LogP contribution in [-0.4, -0.2) is 23.9 Å². The summed E-state index contributed by atoms with van der Waals surface area (Å²) in [5.74, 6) is -4.01. The largest absolute Gasteiger partial charge is 0.319 e. The Bertz CT molecular complexity index is 452. The quantitative estimate of drug-likeness (QED) is 0.820. The number of aromatic nitrogens is 1. The van der Waals surface area contributed by atoms with E-state index in [4.69, 9.17) is 0 Å². The Morgan fingerprint density at radius 2 is 1.80 bits per heavy atom. The molecule has 0 aromatic carbocycles. The first-order chi connectivity index (χ1) is 8.95. The third-order valence-electron chi connectivity index (χ3n) is 2.83. The molecule has 116 valence electrons. The number of nitrogens with one attached hydrogen (secondary N) is 1. The SMILES string of the molecule is Cc1nc(C(C)(C)C)sc1C(C)NCC(F)(F)C(F)F. The maximum Gasteiger partial charge on any atom is 0.319 e. The summed E-state index contributed by atoms with van der Waals surface area (Å²) in [6.45, 7) is 8.46. The van der Waals surface area contributed by atoms with Crippen LogP contribution in [0.5, 0.6) is 0 Å². The van der Waals surface area contributed by atoms with Gasteiger partial charge < -0.3 is 5.32 Å². The zero-order chi connectivity index (χ0) is 15.7. The molecule has 0 radical (unpaired) electrons. The first kappa shape index (κ1) is 17.4. The third-order valence-corrected chi connectivity index (χ3v) is 4.60. The number of alkyl halides is 4. The standard InChI is InChI=1S/C13H20F4N2S/c1-7(18-6-13(16,17)10(14)15)9-8(2)19-11(20-9)12(3,4)5/h7,10,18H,6H2,1-5H3. The number of hydrogen-bond donors (Lipinski definition) is 1. The molecule has 2 nitrogen and oxygen atoms in total. The van der Waals surface area contributed by atoms with E-state index >= 15 is 0 Å². The van der Waals surface area contributed by atoms with E-state index in [0.717, 1.165) is 15.6 Å². The Morgan fingerprint density at radius 1 is 1.25 bits per heavy atom. The summed E-state index contributed by atoms with van der Waals surface area (Å²) in [5, 5.41) is 3.37. The maximum absolute atomic E-state index is 12.9. The predicted molar refractivity (Wildman–Crippen MR) is 72.9 cm³/mol. The van der Waals surface area contributed by atoms with Crippen molar-refractivity contribution in [1.82, 2.24) is 10.3 Å². The summed E-state index contributed by atoms with van der Waals surface area (Å²) >= 11 is 1.43. The molecule has 1 atom stereocenters. The van der Waals surface area contributed by atoms with Gasteiger partial charge in [0.1, 0.15) is 0 Å². The number of aryl methyl sites for hydroxylation is 1. The van der Waals surface area contributed by atoms with Crippen molar-refractivity contribution in [2.45, 2.75) is 58.4 Å². The van der Waals surface area contributed by atoms with Gasteiger partial charge in [0.15, 0.2) is 0 Å². The molecule has 7 heteroatoms. The summed E-state index contributed by atoms with van der Waals surface area (Å²) in [5.41, 5.74) is 0.626. The molecule has 0 spiro atoms. The highest BCUT2D eigenvalue weighted by atomic mass is 32.1. The fourth-order valence-corrected chi connectivity index (χ4v) is 2.74. The van der Waals surface area contributed by atoms with Crippen molar-refractivity contribution in [1.29, 1.82) is 0 Å². The van der Waals surface area contributed by atoms with E-state index in [9.17, 15) is 17.6 Å². The molecule has 0 saturated heterocycles. The second kappa shape index (κ2) is 5.97. The van der Waals surface area contributed by atoms with Crippen molar-refractivity contribution < 1.29 is 17.6 Å². The second-order valence-electron chi connectivity index (χ2n) is 5.88. The highest BCUT2D eigenvalue weighted by molar-refractivity contribution is 7.12. The molecule has 1 heterocycles. The molecule has 0 bridgehead atoms. The van der Waals surface area contributed by atoms with Crippen molar-refractivity contribution in [3.8, 4) is 0 Å². The normalized spacial score (nSPS) is 14.9. The third kappa shape index (κ3) is 4.15. The predicted octanol–water partition coefficient (Wildman–Crippen LogP) is 4.30. The van der Waals surface area contributed by atoms with Crippen LogP contribution < -0.4 is 5.32 Å². The van der Waals surface area contributed by atoms with Crippen molar-refractivity contribution in [3.05, 3.63) is 15.6 Å². The second-order valence-corrected chi connectivity index (χ2v) is 6.91. The lowest BCUT2D eigenvalue weighted by molar-refractivity contribution is -0.126. The van der Waals surface area contributed by atoms with Gasteiger partial charge in [-0.25, -0.2) is 13.8 Å². The first-order valence-corrected chi connectivity index (χ1v) is 7.14. The van der Waals surface area contributed by atoms with Crippen LogP contribution in [0.4, 0.5) is 17.6 Å².